The Bertz CT molecular complexity index is 275. The van der Waals surface area contributed by atoms with Crippen molar-refractivity contribution in [3.05, 3.63) is 0 Å². The number of rotatable bonds is 6. The zero-order valence-electron chi connectivity index (χ0n) is 11.3. The molecular formula is C13H25N3O2. The zero-order chi connectivity index (χ0) is 13.4. The second-order valence-electron chi connectivity index (χ2n) is 4.97. The van der Waals surface area contributed by atoms with Crippen molar-refractivity contribution in [3.8, 4) is 0 Å². The molecule has 0 saturated carbocycles. The van der Waals surface area contributed by atoms with Crippen LogP contribution in [0.2, 0.25) is 0 Å². The van der Waals surface area contributed by atoms with Crippen LogP contribution in [0.3, 0.4) is 0 Å². The molecule has 0 aromatic rings. The Balaban J connectivity index is 2.18. The molecule has 0 aliphatic carbocycles. The summed E-state index contributed by atoms with van der Waals surface area (Å²) in [4.78, 5) is 25.2. The molecule has 1 rings (SSSR count). The summed E-state index contributed by atoms with van der Waals surface area (Å²) >= 11 is 0. The minimum absolute atomic E-state index is 0.0205. The lowest BCUT2D eigenvalue weighted by Gasteiger charge is -2.26. The molecule has 0 aromatic carbocycles. The molecule has 0 radical (unpaired) electrons. The molecular weight excluding hydrogens is 230 g/mol. The molecule has 1 aliphatic heterocycles. The van der Waals surface area contributed by atoms with Crippen LogP contribution in [0.1, 0.15) is 45.4 Å². The molecule has 104 valence electrons. The Labute approximate surface area is 109 Å². The Morgan fingerprint density at radius 2 is 1.94 bits per heavy atom. The molecule has 1 saturated heterocycles. The average Bonchev–Trinajstić information content (AvgIpc) is 2.37. The molecule has 0 aromatic heterocycles. The zero-order valence-corrected chi connectivity index (χ0v) is 11.3. The van der Waals surface area contributed by atoms with Crippen molar-refractivity contribution in [1.82, 2.24) is 10.2 Å². The molecule has 0 bridgehead atoms. The average molecular weight is 255 g/mol. The number of nitrogens with two attached hydrogens (primary N) is 1. The highest BCUT2D eigenvalue weighted by molar-refractivity contribution is 5.85. The highest BCUT2D eigenvalue weighted by Crippen LogP contribution is 2.08. The Morgan fingerprint density at radius 1 is 1.28 bits per heavy atom. The molecule has 5 nitrogen and oxygen atoms in total. The molecule has 18 heavy (non-hydrogen) atoms. The lowest BCUT2D eigenvalue weighted by molar-refractivity contribution is -0.133. The second kappa shape index (κ2) is 8.08. The van der Waals surface area contributed by atoms with E-state index in [1.807, 2.05) is 11.8 Å². The lowest BCUT2D eigenvalue weighted by Crippen LogP contribution is -2.43. The summed E-state index contributed by atoms with van der Waals surface area (Å²) in [5.41, 5.74) is 5.78. The molecule has 0 spiro atoms. The summed E-state index contributed by atoms with van der Waals surface area (Å²) in [5, 5.41) is 2.66. The molecule has 1 unspecified atom stereocenters. The van der Waals surface area contributed by atoms with Gasteiger partial charge in [-0.1, -0.05) is 13.3 Å². The molecule has 1 fully saturated rings. The van der Waals surface area contributed by atoms with Gasteiger partial charge in [0.15, 0.2) is 0 Å². The first-order valence-corrected chi connectivity index (χ1v) is 6.93. The van der Waals surface area contributed by atoms with Gasteiger partial charge >= 0.3 is 0 Å². The smallest absolute Gasteiger partial charge is 0.241 e. The first-order valence-electron chi connectivity index (χ1n) is 6.93. The SMILES string of the molecule is CCCC(N)CC(=O)NCC(=O)N1CCCCC1. The number of hydrogen-bond acceptors (Lipinski definition) is 3. The molecule has 5 heteroatoms. The topological polar surface area (TPSA) is 75.4 Å². The van der Waals surface area contributed by atoms with Crippen LogP contribution < -0.4 is 11.1 Å². The van der Waals surface area contributed by atoms with Gasteiger partial charge in [0.2, 0.25) is 11.8 Å². The van der Waals surface area contributed by atoms with Crippen molar-refractivity contribution >= 4 is 11.8 Å². The van der Waals surface area contributed by atoms with Gasteiger partial charge < -0.3 is 16.0 Å². The summed E-state index contributed by atoms with van der Waals surface area (Å²) in [7, 11) is 0. The number of hydrogen-bond donors (Lipinski definition) is 2. The van der Waals surface area contributed by atoms with Gasteiger partial charge in [-0.15, -0.1) is 0 Å². The number of carbonyl (C=O) groups excluding carboxylic acids is 2. The normalized spacial score (nSPS) is 17.3. The Hall–Kier alpha value is -1.10. The van der Waals surface area contributed by atoms with Crippen molar-refractivity contribution in [1.29, 1.82) is 0 Å². The number of piperidine rings is 1. The van der Waals surface area contributed by atoms with E-state index in [2.05, 4.69) is 5.32 Å². The van der Waals surface area contributed by atoms with Crippen LogP contribution in [0.5, 0.6) is 0 Å². The first kappa shape index (κ1) is 15.0. The summed E-state index contributed by atoms with van der Waals surface area (Å²) in [5.74, 6) is -0.103. The van der Waals surface area contributed by atoms with Crippen molar-refractivity contribution in [2.75, 3.05) is 19.6 Å². The van der Waals surface area contributed by atoms with E-state index in [1.54, 1.807) is 0 Å². The fourth-order valence-electron chi connectivity index (χ4n) is 2.21. The predicted molar refractivity (Wildman–Crippen MR) is 70.9 cm³/mol. The van der Waals surface area contributed by atoms with Gasteiger partial charge in [0.05, 0.1) is 6.54 Å². The van der Waals surface area contributed by atoms with Crippen LogP contribution >= 0.6 is 0 Å². The van der Waals surface area contributed by atoms with E-state index >= 15 is 0 Å². The lowest BCUT2D eigenvalue weighted by atomic mass is 10.1. The molecule has 3 N–H and O–H groups in total. The van der Waals surface area contributed by atoms with Crippen molar-refractivity contribution in [2.24, 2.45) is 5.73 Å². The highest BCUT2D eigenvalue weighted by Gasteiger charge is 2.17. The summed E-state index contributed by atoms with van der Waals surface area (Å²) in [6, 6.07) is -0.0971. The van der Waals surface area contributed by atoms with Crippen LogP contribution in [0.25, 0.3) is 0 Å². The minimum Gasteiger partial charge on any atom is -0.347 e. The van der Waals surface area contributed by atoms with Crippen LogP contribution in [0.15, 0.2) is 0 Å². The van der Waals surface area contributed by atoms with Crippen molar-refractivity contribution in [2.45, 2.75) is 51.5 Å². The van der Waals surface area contributed by atoms with Crippen LogP contribution in [0, 0.1) is 0 Å². The fourth-order valence-corrected chi connectivity index (χ4v) is 2.21. The number of carbonyl (C=O) groups is 2. The van der Waals surface area contributed by atoms with E-state index < -0.39 is 0 Å². The summed E-state index contributed by atoms with van der Waals surface area (Å²) < 4.78 is 0. The first-order chi connectivity index (χ1) is 8.63. The van der Waals surface area contributed by atoms with E-state index in [-0.39, 0.29) is 24.4 Å². The van der Waals surface area contributed by atoms with Crippen LogP contribution in [-0.4, -0.2) is 42.4 Å². The third-order valence-corrected chi connectivity index (χ3v) is 3.25. The van der Waals surface area contributed by atoms with Crippen molar-refractivity contribution in [3.63, 3.8) is 0 Å². The largest absolute Gasteiger partial charge is 0.347 e. The monoisotopic (exact) mass is 255 g/mol. The molecule has 1 atom stereocenters. The predicted octanol–water partition coefficient (Wildman–Crippen LogP) is 0.633. The van der Waals surface area contributed by atoms with Gasteiger partial charge in [-0.05, 0) is 25.7 Å². The van der Waals surface area contributed by atoms with Crippen molar-refractivity contribution < 1.29 is 9.59 Å². The highest BCUT2D eigenvalue weighted by atomic mass is 16.2. The molecule has 1 aliphatic rings. The second-order valence-corrected chi connectivity index (χ2v) is 4.97. The maximum atomic E-state index is 11.8. The maximum Gasteiger partial charge on any atom is 0.241 e. The van der Waals surface area contributed by atoms with Crippen LogP contribution in [0.4, 0.5) is 0 Å². The number of likely N-dealkylation sites (tertiary alicyclic amines) is 1. The van der Waals surface area contributed by atoms with Gasteiger partial charge in [-0.25, -0.2) is 0 Å². The maximum absolute atomic E-state index is 11.8. The fraction of sp³-hybridized carbons (Fsp3) is 0.846. The van der Waals surface area contributed by atoms with Gasteiger partial charge in [-0.3, -0.25) is 9.59 Å². The van der Waals surface area contributed by atoms with E-state index in [4.69, 9.17) is 5.73 Å². The van der Waals surface area contributed by atoms with Crippen LogP contribution in [-0.2, 0) is 9.59 Å². The van der Waals surface area contributed by atoms with Gasteiger partial charge in [-0.2, -0.15) is 0 Å². The summed E-state index contributed by atoms with van der Waals surface area (Å²) in [6.45, 7) is 3.80. The number of nitrogens with one attached hydrogen (secondary N) is 1. The third kappa shape index (κ3) is 5.49. The van der Waals surface area contributed by atoms with E-state index in [0.29, 0.717) is 6.42 Å². The standard InChI is InChI=1S/C13H25N3O2/c1-2-6-11(14)9-12(17)15-10-13(18)16-7-4-3-5-8-16/h11H,2-10,14H2,1H3,(H,15,17). The number of amides is 2. The Morgan fingerprint density at radius 3 is 2.56 bits per heavy atom. The summed E-state index contributed by atoms with van der Waals surface area (Å²) in [6.07, 6.45) is 5.46. The van der Waals surface area contributed by atoms with Gasteiger partial charge in [0.25, 0.3) is 0 Å². The van der Waals surface area contributed by atoms with Gasteiger partial charge in [0, 0.05) is 25.6 Å². The molecule has 1 heterocycles. The quantitative estimate of drug-likeness (QED) is 0.731. The Kier molecular flexibility index (Phi) is 6.72. The van der Waals surface area contributed by atoms with E-state index in [0.717, 1.165) is 38.8 Å². The van der Waals surface area contributed by atoms with E-state index in [1.165, 1.54) is 6.42 Å². The number of nitrogens with zero attached hydrogens (tertiary/aromatic N) is 1. The molecule has 2 amide bonds. The minimum atomic E-state index is -0.124. The third-order valence-electron chi connectivity index (χ3n) is 3.25. The van der Waals surface area contributed by atoms with E-state index in [9.17, 15) is 9.59 Å². The van der Waals surface area contributed by atoms with Gasteiger partial charge in [0.1, 0.15) is 0 Å².